The minimum Gasteiger partial charge on any atom is -0.337 e. The Hall–Kier alpha value is -2.07. The van der Waals surface area contributed by atoms with Crippen LogP contribution in [0.2, 0.25) is 0 Å². The Labute approximate surface area is 165 Å². The zero-order valence-electron chi connectivity index (χ0n) is 14.3. The van der Waals surface area contributed by atoms with Crippen LogP contribution in [0.25, 0.3) is 16.3 Å². The molecule has 4 rings (SSSR count). The van der Waals surface area contributed by atoms with Crippen LogP contribution in [0.5, 0.6) is 0 Å². The molecule has 0 bridgehead atoms. The van der Waals surface area contributed by atoms with Gasteiger partial charge in [0.2, 0.25) is 5.91 Å². The van der Waals surface area contributed by atoms with Gasteiger partial charge in [0.25, 0.3) is 10.0 Å². The third-order valence-electron chi connectivity index (χ3n) is 4.32. The van der Waals surface area contributed by atoms with Gasteiger partial charge >= 0.3 is 0 Å². The van der Waals surface area contributed by atoms with Crippen LogP contribution in [-0.2, 0) is 14.8 Å². The highest BCUT2D eigenvalue weighted by Crippen LogP contribution is 2.23. The normalized spacial score (nSPS) is 16.4. The molecule has 9 heteroatoms. The molecule has 0 spiro atoms. The first-order chi connectivity index (χ1) is 13.0. The number of rotatable bonds is 4. The summed E-state index contributed by atoms with van der Waals surface area (Å²) in [6.07, 6.45) is 3.24. The van der Waals surface area contributed by atoms with E-state index in [1.807, 2.05) is 24.3 Å². The van der Waals surface area contributed by atoms with Gasteiger partial charge in [0.1, 0.15) is 9.22 Å². The van der Waals surface area contributed by atoms with Crippen molar-refractivity contribution < 1.29 is 13.2 Å². The lowest BCUT2D eigenvalue weighted by Gasteiger charge is -2.33. The second-order valence-corrected chi connectivity index (χ2v) is 10.2. The Balaban J connectivity index is 1.38. The second kappa shape index (κ2) is 7.51. The zero-order chi connectivity index (χ0) is 18.9. The molecule has 0 aliphatic carbocycles. The molecule has 1 aliphatic rings. The van der Waals surface area contributed by atoms with Crippen LogP contribution in [0.15, 0.2) is 52.1 Å². The molecule has 27 heavy (non-hydrogen) atoms. The summed E-state index contributed by atoms with van der Waals surface area (Å²) in [4.78, 5) is 18.6. The van der Waals surface area contributed by atoms with E-state index in [0.717, 1.165) is 15.2 Å². The van der Waals surface area contributed by atoms with Crippen molar-refractivity contribution >= 4 is 54.9 Å². The molecular formula is C18H17N3O3S3. The summed E-state index contributed by atoms with van der Waals surface area (Å²) in [6.45, 7) is 1.38. The highest BCUT2D eigenvalue weighted by atomic mass is 32.2. The smallest absolute Gasteiger partial charge is 0.252 e. The van der Waals surface area contributed by atoms with Crippen molar-refractivity contribution in [3.63, 3.8) is 0 Å². The van der Waals surface area contributed by atoms with Gasteiger partial charge in [-0.05, 0) is 29.7 Å². The van der Waals surface area contributed by atoms with Crippen LogP contribution < -0.4 is 0 Å². The van der Waals surface area contributed by atoms with Gasteiger partial charge < -0.3 is 4.90 Å². The van der Waals surface area contributed by atoms with E-state index in [0.29, 0.717) is 30.4 Å². The van der Waals surface area contributed by atoms with E-state index in [2.05, 4.69) is 4.98 Å². The maximum absolute atomic E-state index is 12.5. The average molecular weight is 420 g/mol. The minimum absolute atomic E-state index is 0.123. The molecule has 1 aliphatic heterocycles. The molecule has 3 aromatic rings. The molecule has 1 amide bonds. The van der Waals surface area contributed by atoms with E-state index >= 15 is 0 Å². The Morgan fingerprint density at radius 1 is 1.07 bits per heavy atom. The summed E-state index contributed by atoms with van der Waals surface area (Å²) in [5.41, 5.74) is 0.919. The fourth-order valence-corrected chi connectivity index (χ4v) is 6.33. The molecule has 0 N–H and O–H groups in total. The number of carbonyl (C=O) groups is 1. The number of thiophene rings is 1. The largest absolute Gasteiger partial charge is 0.337 e. The molecule has 1 aromatic carbocycles. The number of fused-ring (bicyclic) bond motifs is 1. The first-order valence-electron chi connectivity index (χ1n) is 8.40. The monoisotopic (exact) mass is 419 g/mol. The third kappa shape index (κ3) is 3.81. The predicted molar refractivity (Wildman–Crippen MR) is 108 cm³/mol. The van der Waals surface area contributed by atoms with Crippen molar-refractivity contribution in [2.75, 3.05) is 26.2 Å². The lowest BCUT2D eigenvalue weighted by atomic mass is 10.3. The molecule has 1 fully saturated rings. The quantitative estimate of drug-likeness (QED) is 0.610. The summed E-state index contributed by atoms with van der Waals surface area (Å²) in [7, 11) is -3.45. The van der Waals surface area contributed by atoms with Crippen LogP contribution in [-0.4, -0.2) is 54.7 Å². The number of sulfonamides is 1. The first-order valence-corrected chi connectivity index (χ1v) is 11.5. The van der Waals surface area contributed by atoms with Crippen LogP contribution in [0.4, 0.5) is 0 Å². The van der Waals surface area contributed by atoms with Gasteiger partial charge in [0.15, 0.2) is 0 Å². The molecule has 1 saturated heterocycles. The number of piperazine rings is 1. The third-order valence-corrected chi connectivity index (χ3v) is 8.59. The highest BCUT2D eigenvalue weighted by Gasteiger charge is 2.30. The molecule has 0 saturated carbocycles. The predicted octanol–water partition coefficient (Wildman–Crippen LogP) is 2.90. The fourth-order valence-electron chi connectivity index (χ4n) is 2.90. The molecule has 0 unspecified atom stereocenters. The van der Waals surface area contributed by atoms with Gasteiger partial charge in [0.05, 0.1) is 10.2 Å². The lowest BCUT2D eigenvalue weighted by molar-refractivity contribution is -0.127. The Bertz CT molecular complexity index is 1050. The van der Waals surface area contributed by atoms with Crippen LogP contribution in [0.1, 0.15) is 5.01 Å². The SMILES string of the molecule is O=C(/C=C/c1nc2ccccc2s1)N1CCN(S(=O)(=O)c2cccs2)CC1. The van der Waals surface area contributed by atoms with Gasteiger partial charge in [-0.1, -0.05) is 18.2 Å². The average Bonchev–Trinajstić information content (AvgIpc) is 3.36. The number of hydrogen-bond donors (Lipinski definition) is 0. The van der Waals surface area contributed by atoms with Gasteiger partial charge in [-0.15, -0.1) is 22.7 Å². The first kappa shape index (κ1) is 18.3. The number of nitrogens with zero attached hydrogens (tertiary/aromatic N) is 3. The van der Waals surface area contributed by atoms with Crippen molar-refractivity contribution in [1.82, 2.24) is 14.2 Å². The molecule has 6 nitrogen and oxygen atoms in total. The van der Waals surface area contributed by atoms with E-state index in [-0.39, 0.29) is 5.91 Å². The van der Waals surface area contributed by atoms with Crippen molar-refractivity contribution in [3.8, 4) is 0 Å². The van der Waals surface area contributed by atoms with Crippen molar-refractivity contribution in [1.29, 1.82) is 0 Å². The summed E-state index contributed by atoms with van der Waals surface area (Å²) >= 11 is 2.74. The summed E-state index contributed by atoms with van der Waals surface area (Å²) < 4.78 is 27.9. The standard InChI is InChI=1S/C18H17N3O3S3/c22-17(8-7-16-19-14-4-1-2-5-15(14)26-16)20-9-11-21(12-10-20)27(23,24)18-6-3-13-25-18/h1-8,13H,9-12H2/b8-7+. The second-order valence-electron chi connectivity index (χ2n) is 6.01. The lowest BCUT2D eigenvalue weighted by Crippen LogP contribution is -2.50. The van der Waals surface area contributed by atoms with E-state index in [1.165, 1.54) is 33.1 Å². The van der Waals surface area contributed by atoms with Crippen molar-refractivity contribution in [2.24, 2.45) is 0 Å². The molecular weight excluding hydrogens is 402 g/mol. The topological polar surface area (TPSA) is 70.6 Å². The highest BCUT2D eigenvalue weighted by molar-refractivity contribution is 7.91. The number of hydrogen-bond acceptors (Lipinski definition) is 6. The summed E-state index contributed by atoms with van der Waals surface area (Å²) in [5, 5.41) is 2.53. The Morgan fingerprint density at radius 3 is 2.56 bits per heavy atom. The fraction of sp³-hybridized carbons (Fsp3) is 0.222. The summed E-state index contributed by atoms with van der Waals surface area (Å²) in [6, 6.07) is 11.2. The van der Waals surface area contributed by atoms with E-state index in [4.69, 9.17) is 0 Å². The summed E-state index contributed by atoms with van der Waals surface area (Å²) in [5.74, 6) is -0.123. The molecule has 0 atom stereocenters. The van der Waals surface area contributed by atoms with Gasteiger partial charge in [-0.2, -0.15) is 4.31 Å². The minimum atomic E-state index is -3.45. The number of thiazole rings is 1. The van der Waals surface area contributed by atoms with Crippen molar-refractivity contribution in [2.45, 2.75) is 4.21 Å². The molecule has 3 heterocycles. The maximum atomic E-state index is 12.5. The van der Waals surface area contributed by atoms with Crippen LogP contribution in [0.3, 0.4) is 0 Å². The maximum Gasteiger partial charge on any atom is 0.252 e. The number of aromatic nitrogens is 1. The van der Waals surface area contributed by atoms with Gasteiger partial charge in [-0.3, -0.25) is 4.79 Å². The van der Waals surface area contributed by atoms with E-state index in [1.54, 1.807) is 28.5 Å². The Morgan fingerprint density at radius 2 is 1.85 bits per heavy atom. The molecule has 2 aromatic heterocycles. The van der Waals surface area contributed by atoms with Gasteiger partial charge in [0, 0.05) is 32.3 Å². The molecule has 0 radical (unpaired) electrons. The number of benzene rings is 1. The Kier molecular flexibility index (Phi) is 5.09. The van der Waals surface area contributed by atoms with Crippen LogP contribution in [0, 0.1) is 0 Å². The number of amides is 1. The number of para-hydroxylation sites is 1. The van der Waals surface area contributed by atoms with Crippen molar-refractivity contribution in [3.05, 3.63) is 52.9 Å². The van der Waals surface area contributed by atoms with Gasteiger partial charge in [-0.25, -0.2) is 13.4 Å². The van der Waals surface area contributed by atoms with E-state index in [9.17, 15) is 13.2 Å². The molecule has 140 valence electrons. The van der Waals surface area contributed by atoms with Crippen LogP contribution >= 0.6 is 22.7 Å². The zero-order valence-corrected chi connectivity index (χ0v) is 16.8. The number of carbonyl (C=O) groups excluding carboxylic acids is 1. The van der Waals surface area contributed by atoms with E-state index < -0.39 is 10.0 Å².